The Kier molecular flexibility index (Phi) is 27.8. The first-order valence-corrected chi connectivity index (χ1v) is 33.2. The minimum atomic E-state index is -1.09. The predicted octanol–water partition coefficient (Wildman–Crippen LogP) is 5.85. The quantitative estimate of drug-likeness (QED) is 0.0734. The Morgan fingerprint density at radius 2 is 1.05 bits per heavy atom. The van der Waals surface area contributed by atoms with Crippen LogP contribution in [0.5, 0.6) is 0 Å². The Labute approximate surface area is 418 Å². The maximum absolute atomic E-state index is 11.9. The van der Waals surface area contributed by atoms with E-state index in [9.17, 15) is 28.8 Å². The Hall–Kier alpha value is -1.30. The number of carbonyl (C=O) groups excluding carboxylic acids is 4. The van der Waals surface area contributed by atoms with E-state index in [0.717, 1.165) is 12.8 Å². The van der Waals surface area contributed by atoms with Crippen LogP contribution in [0.25, 0.3) is 21.4 Å². The van der Waals surface area contributed by atoms with Crippen molar-refractivity contribution in [2.24, 2.45) is 5.41 Å². The zero-order valence-electron chi connectivity index (χ0n) is 30.7. The van der Waals surface area contributed by atoms with Gasteiger partial charge in [0.15, 0.2) is 17.2 Å². The summed E-state index contributed by atoms with van der Waals surface area (Å²) in [5.41, 5.74) is 0.827. The Bertz CT molecular complexity index is 2480. The summed E-state index contributed by atoms with van der Waals surface area (Å²) in [7, 11) is 14.5. The van der Waals surface area contributed by atoms with Crippen LogP contribution >= 0.6 is 69.4 Å². The normalized spacial score (nSPS) is 12.9. The van der Waals surface area contributed by atoms with Gasteiger partial charge < -0.3 is 27.0 Å². The van der Waals surface area contributed by atoms with Gasteiger partial charge in [0, 0.05) is 129 Å². The van der Waals surface area contributed by atoms with E-state index in [1.807, 2.05) is 6.92 Å². The highest BCUT2D eigenvalue weighted by Crippen LogP contribution is 2.46. The Balaban J connectivity index is 0.000000485. The number of thiazole rings is 4. The monoisotopic (exact) mass is 1170 g/mol. The highest BCUT2D eigenvalue weighted by molar-refractivity contribution is 8.74. The zero-order chi connectivity index (χ0) is 43.0. The summed E-state index contributed by atoms with van der Waals surface area (Å²) in [6.45, 7) is 2.32. The average Bonchev–Trinajstić information content (AvgIpc) is 3.72. The van der Waals surface area contributed by atoms with Crippen LogP contribution in [0.2, 0.25) is 0 Å². The van der Waals surface area contributed by atoms with Gasteiger partial charge in [0.2, 0.25) is 11.8 Å². The number of aromatic carboxylic acids is 2. The number of carboxylic acids is 2. The molecule has 2 aliphatic rings. The molecular weight excluding hydrogens is 1140 g/mol. The number of hydrogen-bond acceptors (Lipinski definition) is 17. The van der Waals surface area contributed by atoms with Crippen LogP contribution in [-0.2, 0) is 135 Å². The van der Waals surface area contributed by atoms with Crippen LogP contribution in [0.1, 0.15) is 83.9 Å². The van der Waals surface area contributed by atoms with Gasteiger partial charge in [0.25, 0.3) is 0 Å². The van der Waals surface area contributed by atoms with Gasteiger partial charge >= 0.3 is 11.9 Å². The number of aromatic nitrogens is 4. The van der Waals surface area contributed by atoms with E-state index in [1.165, 1.54) is 73.9 Å². The number of alkyl halides is 1. The molecule has 4 heterocycles. The van der Waals surface area contributed by atoms with Crippen molar-refractivity contribution in [1.82, 2.24) is 36.7 Å². The summed E-state index contributed by atoms with van der Waals surface area (Å²) in [5, 5.41) is 31.9. The molecule has 0 unspecified atom stereocenters. The highest BCUT2D eigenvalue weighted by atomic mass is 35.5. The molecule has 0 aromatic carbocycles. The van der Waals surface area contributed by atoms with Crippen molar-refractivity contribution in [3.05, 3.63) is 42.9 Å². The van der Waals surface area contributed by atoms with Crippen LogP contribution in [0.15, 0.2) is 21.5 Å². The molecule has 6 rings (SSSR count). The molecule has 32 heteroatoms. The minimum Gasteiger partial charge on any atom is -0.476 e. The van der Waals surface area contributed by atoms with Crippen molar-refractivity contribution in [2.45, 2.75) is 70.8 Å². The van der Waals surface area contributed by atoms with E-state index in [1.54, 1.807) is 72.9 Å². The van der Waals surface area contributed by atoms with E-state index < -0.39 is 16.8 Å². The fourth-order valence-electron chi connectivity index (χ4n) is 4.03. The van der Waals surface area contributed by atoms with Gasteiger partial charge in [-0.2, -0.15) is 0 Å². The number of Topliss-reactive ketones (excluding diaryl/α,β-unsaturated/α-hetero) is 2. The topological polar surface area (TPSA) is 253 Å². The lowest BCUT2D eigenvalue weighted by Gasteiger charge is -2.06. The van der Waals surface area contributed by atoms with E-state index >= 15 is 0 Å². The fourth-order valence-corrected chi connectivity index (χ4v) is 26.5. The number of carbonyl (C=O) groups is 6. The van der Waals surface area contributed by atoms with Crippen LogP contribution in [0.4, 0.5) is 0 Å². The minimum absolute atomic E-state index is 0. The summed E-state index contributed by atoms with van der Waals surface area (Å²) >= 11 is 20.4. The molecule has 2 saturated carbocycles. The molecule has 62 heavy (non-hydrogen) atoms. The molecule has 0 atom stereocenters. The maximum Gasteiger partial charge on any atom is 0.355 e. The summed E-state index contributed by atoms with van der Waals surface area (Å²) < 4.78 is 0. The van der Waals surface area contributed by atoms with Crippen LogP contribution in [0, 0.1) is 5.41 Å². The second-order valence-corrected chi connectivity index (χ2v) is 32.1. The maximum atomic E-state index is 11.9. The van der Waals surface area contributed by atoms with Gasteiger partial charge in [-0.15, -0.1) is 69.4 Å². The van der Waals surface area contributed by atoms with Gasteiger partial charge in [-0.1, -0.05) is 14.4 Å². The third-order valence-electron chi connectivity index (χ3n) is 7.59. The number of halogens is 2. The van der Waals surface area contributed by atoms with Gasteiger partial charge in [0.1, 0.15) is 42.1 Å². The third kappa shape index (κ3) is 20.1. The predicted molar refractivity (Wildman–Crippen MR) is 278 cm³/mol. The number of rotatable bonds is 14. The second kappa shape index (κ2) is 29.4. The van der Waals surface area contributed by atoms with Crippen molar-refractivity contribution in [2.75, 3.05) is 0 Å². The first-order chi connectivity index (χ1) is 28.2. The van der Waals surface area contributed by atoms with E-state index in [4.69, 9.17) is 21.8 Å². The lowest BCUT2D eigenvalue weighted by molar-refractivity contribution is -0.131. The van der Waals surface area contributed by atoms with Gasteiger partial charge in [-0.05, 0) is 25.7 Å². The molecule has 7 N–H and O–H groups in total. The molecule has 0 spiro atoms. The first-order valence-electron chi connectivity index (χ1n) is 16.0. The summed E-state index contributed by atoms with van der Waals surface area (Å²) in [6, 6.07) is 0. The number of nitrogens with one attached hydrogen (secondary N) is 2. The van der Waals surface area contributed by atoms with Gasteiger partial charge in [-0.25, -0.2) is 29.5 Å². The lowest BCUT2D eigenvalue weighted by Crippen LogP contribution is -2.28. The largest absolute Gasteiger partial charge is 0.476 e. The summed E-state index contributed by atoms with van der Waals surface area (Å²) in [5.74, 6) is -3.10. The molecule has 15 nitrogen and oxygen atoms in total. The van der Waals surface area contributed by atoms with Crippen molar-refractivity contribution < 1.29 is 39.0 Å². The molecule has 342 valence electrons. The lowest BCUT2D eigenvalue weighted by atomic mass is 10.0. The Morgan fingerprint density at radius 1 is 0.661 bits per heavy atom. The molecule has 4 aromatic rings. The van der Waals surface area contributed by atoms with Crippen molar-refractivity contribution in [3.8, 4) is 21.4 Å². The van der Waals surface area contributed by atoms with Crippen molar-refractivity contribution >= 4 is 207 Å². The molecular formula is C30H35Cl2N7O8S15. The smallest absolute Gasteiger partial charge is 0.355 e. The fraction of sp³-hybridized carbons (Fsp3) is 0.400. The SMILES string of the molecule is C.CC1(C(=O)CC(=O)NCc2nc(-c3nc(C(=O)O)cs3)cs2)CC1.Cl.N.O=C(CC(=O)C1(Cl)CC1)NCc1nc(-c2nc(C(=O)O)cs2)cs1.S=S=S=S=S=S=S=S=S=S=S. The summed E-state index contributed by atoms with van der Waals surface area (Å²) in [4.78, 5) is 84.7. The molecule has 0 bridgehead atoms. The van der Waals surface area contributed by atoms with Crippen LogP contribution in [0.3, 0.4) is 0 Å². The number of amides is 2. The van der Waals surface area contributed by atoms with Crippen LogP contribution < -0.4 is 16.8 Å². The second-order valence-electron chi connectivity index (χ2n) is 11.8. The van der Waals surface area contributed by atoms with E-state index in [-0.39, 0.29) is 92.1 Å². The molecule has 2 amide bonds. The zero-order valence-corrected chi connectivity index (χ0v) is 44.5. The van der Waals surface area contributed by atoms with Gasteiger partial charge in [0.05, 0.1) is 25.9 Å². The standard InChI is InChI=1S/C15H15N3O4S2.C14H12ClN3O4S2.CH4.ClH.H3N.S11/c1-15(2-3-15)10(19)4-11(20)16-5-12-17-8(6-23-12)13-18-9(7-24-13)14(21)22;15-14(1-2-14)9(19)3-10(20)16-4-11-17-7(5-23-11)12-18-8(6-24-12)13(21)22;;;;1-3-5-7-9-11-10-8-6-4-2/h6-7H,2-5H2,1H3,(H,16,20)(H,21,22);5-6H,1-4H2,(H,16,20)(H,21,22);1H4;1H;1H3;. The van der Waals surface area contributed by atoms with Gasteiger partial charge in [-0.3, -0.25) is 19.2 Å². The molecule has 2 aliphatic carbocycles. The molecule has 0 saturated heterocycles. The van der Waals surface area contributed by atoms with E-state index in [0.29, 0.717) is 44.3 Å². The van der Waals surface area contributed by atoms with E-state index in [2.05, 4.69) is 52.9 Å². The Morgan fingerprint density at radius 3 is 1.39 bits per heavy atom. The number of hydrogen-bond donors (Lipinski definition) is 5. The third-order valence-corrected chi connectivity index (χ3v) is 29.4. The molecule has 0 aliphatic heterocycles. The molecule has 0 radical (unpaired) electrons. The first kappa shape index (κ1) is 58.7. The summed E-state index contributed by atoms with van der Waals surface area (Å²) in [6.07, 6.45) is 2.66. The highest BCUT2D eigenvalue weighted by Gasteiger charge is 2.48. The van der Waals surface area contributed by atoms with Crippen molar-refractivity contribution in [1.29, 1.82) is 0 Å². The number of ketones is 2. The molecule has 4 aromatic heterocycles. The number of carboxylic acid groups (broad SMARTS) is 2. The van der Waals surface area contributed by atoms with Crippen molar-refractivity contribution in [3.63, 3.8) is 0 Å². The average molecular weight is 1170 g/mol. The molecule has 2 fully saturated rings. The number of nitrogens with zero attached hydrogens (tertiary/aromatic N) is 4. The van der Waals surface area contributed by atoms with Crippen LogP contribution in [-0.4, -0.2) is 70.3 Å².